The van der Waals surface area contributed by atoms with Crippen molar-refractivity contribution >= 4 is 5.97 Å². The zero-order valence-corrected chi connectivity index (χ0v) is 14.2. The van der Waals surface area contributed by atoms with Crippen molar-refractivity contribution in [1.82, 2.24) is 0 Å². The molecule has 4 atom stereocenters. The molecule has 0 amide bonds. The van der Waals surface area contributed by atoms with Crippen molar-refractivity contribution in [2.45, 2.75) is 58.3 Å². The molecule has 1 N–H and O–H groups in total. The van der Waals surface area contributed by atoms with E-state index in [4.69, 9.17) is 9.47 Å². The minimum Gasteiger partial charge on any atom is -0.459 e. The van der Waals surface area contributed by atoms with Gasteiger partial charge in [0.05, 0.1) is 11.7 Å². The van der Waals surface area contributed by atoms with E-state index in [0.29, 0.717) is 0 Å². The molecule has 0 aromatic rings. The molecule has 124 valence electrons. The maximum absolute atomic E-state index is 11.8. The van der Waals surface area contributed by atoms with Gasteiger partial charge in [0.1, 0.15) is 6.10 Å². The Morgan fingerprint density at radius 2 is 2.05 bits per heavy atom. The van der Waals surface area contributed by atoms with Crippen LogP contribution in [0.5, 0.6) is 0 Å². The first kappa shape index (κ1) is 18.7. The van der Waals surface area contributed by atoms with E-state index < -0.39 is 11.6 Å². The first-order valence-electron chi connectivity index (χ1n) is 7.76. The number of esters is 1. The van der Waals surface area contributed by atoms with E-state index >= 15 is 0 Å². The predicted octanol–water partition coefficient (Wildman–Crippen LogP) is 3.17. The van der Waals surface area contributed by atoms with Gasteiger partial charge in [0.25, 0.3) is 0 Å². The Kier molecular flexibility index (Phi) is 7.04. The summed E-state index contributed by atoms with van der Waals surface area (Å²) in [5.41, 5.74) is -0.123. The highest BCUT2D eigenvalue weighted by Crippen LogP contribution is 2.19. The molecule has 0 saturated heterocycles. The Balaban J connectivity index is 3.04. The fourth-order valence-electron chi connectivity index (χ4n) is 2.25. The predicted molar refractivity (Wildman–Crippen MR) is 87.4 cm³/mol. The van der Waals surface area contributed by atoms with E-state index in [9.17, 15) is 9.90 Å². The smallest absolute Gasteiger partial charge is 0.330 e. The number of ether oxygens (including phenoxy) is 2. The molecule has 0 aliphatic carbocycles. The molecule has 0 unspecified atom stereocenters. The molecule has 22 heavy (non-hydrogen) atoms. The van der Waals surface area contributed by atoms with Gasteiger partial charge in [-0.25, -0.2) is 4.79 Å². The summed E-state index contributed by atoms with van der Waals surface area (Å²) in [6.45, 7) is 7.59. The highest BCUT2D eigenvalue weighted by molar-refractivity contribution is 5.82. The second kappa shape index (κ2) is 8.30. The molecule has 0 radical (unpaired) electrons. The number of allylic oxidation sites excluding steroid dienone is 1. The summed E-state index contributed by atoms with van der Waals surface area (Å²) in [5, 5.41) is 10.3. The van der Waals surface area contributed by atoms with Gasteiger partial charge >= 0.3 is 5.97 Å². The molecular formula is C18H28O4. The molecule has 1 aliphatic heterocycles. The maximum Gasteiger partial charge on any atom is 0.330 e. The van der Waals surface area contributed by atoms with Crippen molar-refractivity contribution in [3.63, 3.8) is 0 Å². The summed E-state index contributed by atoms with van der Waals surface area (Å²) in [6, 6.07) is 0. The van der Waals surface area contributed by atoms with Crippen LogP contribution in [-0.2, 0) is 14.3 Å². The average Bonchev–Trinajstić information content (AvgIpc) is 2.44. The molecule has 0 fully saturated rings. The summed E-state index contributed by atoms with van der Waals surface area (Å²) >= 11 is 0. The molecule has 4 heteroatoms. The van der Waals surface area contributed by atoms with E-state index in [1.54, 1.807) is 26.2 Å². The first-order chi connectivity index (χ1) is 10.2. The number of hydrogen-bond donors (Lipinski definition) is 1. The van der Waals surface area contributed by atoms with Crippen LogP contribution in [0.2, 0.25) is 0 Å². The topological polar surface area (TPSA) is 55.8 Å². The van der Waals surface area contributed by atoms with E-state index in [1.165, 1.54) is 12.2 Å². The first-order valence-corrected chi connectivity index (χ1v) is 7.76. The molecule has 1 heterocycles. The molecule has 1 rings (SSSR count). The second-order valence-electron chi connectivity index (χ2n) is 6.22. The number of hydrogen-bond acceptors (Lipinski definition) is 4. The fraction of sp³-hybridized carbons (Fsp3) is 0.611. The second-order valence-corrected chi connectivity index (χ2v) is 6.22. The van der Waals surface area contributed by atoms with Crippen molar-refractivity contribution in [1.29, 1.82) is 0 Å². The third-order valence-corrected chi connectivity index (χ3v) is 4.06. The highest BCUT2D eigenvalue weighted by atomic mass is 16.5. The minimum atomic E-state index is -1.23. The van der Waals surface area contributed by atoms with E-state index in [-0.39, 0.29) is 18.1 Å². The van der Waals surface area contributed by atoms with Crippen LogP contribution in [0, 0.1) is 5.92 Å². The lowest BCUT2D eigenvalue weighted by Crippen LogP contribution is -2.23. The Labute approximate surface area is 133 Å². The van der Waals surface area contributed by atoms with Gasteiger partial charge in [0.15, 0.2) is 0 Å². The molecule has 0 bridgehead atoms. The van der Waals surface area contributed by atoms with Gasteiger partial charge in [-0.3, -0.25) is 0 Å². The molecule has 1 aliphatic rings. The number of rotatable bonds is 1. The van der Waals surface area contributed by atoms with Crippen LogP contribution in [0.1, 0.15) is 40.5 Å². The van der Waals surface area contributed by atoms with Gasteiger partial charge in [0.2, 0.25) is 0 Å². The summed E-state index contributed by atoms with van der Waals surface area (Å²) in [7, 11) is 1.64. The van der Waals surface area contributed by atoms with Crippen LogP contribution >= 0.6 is 0 Å². The summed E-state index contributed by atoms with van der Waals surface area (Å²) < 4.78 is 10.8. The lowest BCUT2D eigenvalue weighted by atomic mass is 9.97. The monoisotopic (exact) mass is 308 g/mol. The summed E-state index contributed by atoms with van der Waals surface area (Å²) in [4.78, 5) is 11.8. The van der Waals surface area contributed by atoms with Crippen LogP contribution in [-0.4, -0.2) is 36.0 Å². The quantitative estimate of drug-likeness (QED) is 0.597. The minimum absolute atomic E-state index is 0.160. The van der Waals surface area contributed by atoms with Crippen molar-refractivity contribution in [3.8, 4) is 0 Å². The van der Waals surface area contributed by atoms with E-state index in [0.717, 1.165) is 18.4 Å². The van der Waals surface area contributed by atoms with Gasteiger partial charge in [-0.2, -0.15) is 0 Å². The Bertz CT molecular complexity index is 460. The zero-order valence-electron chi connectivity index (χ0n) is 14.2. The Morgan fingerprint density at radius 3 is 2.68 bits per heavy atom. The van der Waals surface area contributed by atoms with Crippen LogP contribution < -0.4 is 0 Å². The third-order valence-electron chi connectivity index (χ3n) is 4.06. The number of carbonyl (C=O) groups excluding carboxylic acids is 1. The van der Waals surface area contributed by atoms with E-state index in [1.807, 2.05) is 13.8 Å². The SMILES string of the molecule is CO[C@H]1C=C[C@@](C)(O)/C=C/C(=O)O[C@H](C)[C@@H](C)CC/C=C\1C. The van der Waals surface area contributed by atoms with Crippen molar-refractivity contribution in [3.05, 3.63) is 36.0 Å². The standard InChI is InChI=1S/C18H28O4/c1-13-7-6-8-14(2)16(21-5)9-11-18(4,20)12-10-17(19)22-15(13)3/h8-13,15-16,20H,6-7H2,1-5H3/b11-9?,12-10+,14-8-/t13-,15+,16-,18+/m0/s1. The van der Waals surface area contributed by atoms with Crippen molar-refractivity contribution in [2.24, 2.45) is 5.92 Å². The number of aliphatic hydroxyl groups is 1. The Morgan fingerprint density at radius 1 is 1.36 bits per heavy atom. The van der Waals surface area contributed by atoms with Gasteiger partial charge in [-0.15, -0.1) is 0 Å². The van der Waals surface area contributed by atoms with Crippen molar-refractivity contribution in [2.75, 3.05) is 7.11 Å². The highest BCUT2D eigenvalue weighted by Gasteiger charge is 2.18. The fourth-order valence-corrected chi connectivity index (χ4v) is 2.25. The van der Waals surface area contributed by atoms with Gasteiger partial charge in [0, 0.05) is 13.2 Å². The van der Waals surface area contributed by atoms with Crippen LogP contribution in [0.25, 0.3) is 0 Å². The molecule has 0 spiro atoms. The number of carbonyl (C=O) groups is 1. The lowest BCUT2D eigenvalue weighted by Gasteiger charge is -2.21. The van der Waals surface area contributed by atoms with Gasteiger partial charge < -0.3 is 14.6 Å². The van der Waals surface area contributed by atoms with Crippen LogP contribution in [0.3, 0.4) is 0 Å². The maximum atomic E-state index is 11.8. The largest absolute Gasteiger partial charge is 0.459 e. The van der Waals surface area contributed by atoms with Gasteiger partial charge in [-0.1, -0.05) is 25.2 Å². The summed E-state index contributed by atoms with van der Waals surface area (Å²) in [6.07, 6.45) is 9.78. The molecule has 0 saturated carbocycles. The van der Waals surface area contributed by atoms with E-state index in [2.05, 4.69) is 13.0 Å². The normalized spacial score (nSPS) is 38.5. The average molecular weight is 308 g/mol. The van der Waals surface area contributed by atoms with Crippen LogP contribution in [0.4, 0.5) is 0 Å². The number of cyclic esters (lactones) is 1. The molecular weight excluding hydrogens is 280 g/mol. The zero-order chi connectivity index (χ0) is 16.8. The molecule has 0 aromatic heterocycles. The summed E-state index contributed by atoms with van der Waals surface area (Å²) in [5.74, 6) is -0.165. The number of methoxy groups -OCH3 is 1. The molecule has 0 aromatic carbocycles. The van der Waals surface area contributed by atoms with Crippen molar-refractivity contribution < 1.29 is 19.4 Å². The van der Waals surface area contributed by atoms with Gasteiger partial charge in [-0.05, 0) is 51.2 Å². The van der Waals surface area contributed by atoms with Crippen LogP contribution in [0.15, 0.2) is 36.0 Å². The lowest BCUT2D eigenvalue weighted by molar-refractivity contribution is -0.144. The third kappa shape index (κ3) is 6.16. The molecule has 4 nitrogen and oxygen atoms in total. The Hall–Kier alpha value is -1.39.